The standard InChI is InChI=1S/C20H21N5O2/c1-14(2)27-17-8-6-15(7-9-17)24-20-22-12-10-18(25-20)19(26)23-13-16-5-3-4-11-21-16/h3-12,14H,13H2,1-2H3,(H,23,26)(H,22,24,25). The summed E-state index contributed by atoms with van der Waals surface area (Å²) >= 11 is 0. The molecule has 7 nitrogen and oxygen atoms in total. The maximum Gasteiger partial charge on any atom is 0.270 e. The predicted octanol–water partition coefficient (Wildman–Crippen LogP) is 3.33. The van der Waals surface area contributed by atoms with E-state index in [1.165, 1.54) is 0 Å². The van der Waals surface area contributed by atoms with Gasteiger partial charge in [-0.15, -0.1) is 0 Å². The summed E-state index contributed by atoms with van der Waals surface area (Å²) < 4.78 is 5.62. The molecule has 0 aliphatic heterocycles. The molecule has 0 aliphatic carbocycles. The van der Waals surface area contributed by atoms with Crippen molar-refractivity contribution in [3.05, 3.63) is 72.3 Å². The van der Waals surface area contributed by atoms with Crippen molar-refractivity contribution < 1.29 is 9.53 Å². The highest BCUT2D eigenvalue weighted by molar-refractivity contribution is 5.92. The van der Waals surface area contributed by atoms with Gasteiger partial charge in [-0.2, -0.15) is 0 Å². The highest BCUT2D eigenvalue weighted by Gasteiger charge is 2.09. The molecule has 7 heteroatoms. The molecule has 0 radical (unpaired) electrons. The van der Waals surface area contributed by atoms with Crippen molar-refractivity contribution in [2.24, 2.45) is 0 Å². The van der Waals surface area contributed by atoms with Crippen LogP contribution in [-0.4, -0.2) is 27.0 Å². The van der Waals surface area contributed by atoms with Crippen LogP contribution >= 0.6 is 0 Å². The highest BCUT2D eigenvalue weighted by atomic mass is 16.5. The van der Waals surface area contributed by atoms with E-state index in [1.54, 1.807) is 18.5 Å². The average Bonchev–Trinajstić information content (AvgIpc) is 2.68. The fraction of sp³-hybridized carbons (Fsp3) is 0.200. The number of rotatable bonds is 7. The van der Waals surface area contributed by atoms with E-state index in [0.717, 1.165) is 17.1 Å². The molecule has 0 spiro atoms. The Morgan fingerprint density at radius 1 is 1.04 bits per heavy atom. The Balaban J connectivity index is 1.62. The van der Waals surface area contributed by atoms with E-state index in [-0.39, 0.29) is 17.7 Å². The Kier molecular flexibility index (Phi) is 5.94. The van der Waals surface area contributed by atoms with Gasteiger partial charge in [0, 0.05) is 18.1 Å². The number of aromatic nitrogens is 3. The molecule has 0 fully saturated rings. The van der Waals surface area contributed by atoms with Crippen molar-refractivity contribution >= 4 is 17.5 Å². The molecule has 1 aromatic carbocycles. The van der Waals surface area contributed by atoms with E-state index in [0.29, 0.717) is 12.5 Å². The second-order valence-corrected chi connectivity index (χ2v) is 6.09. The molecule has 2 heterocycles. The highest BCUT2D eigenvalue weighted by Crippen LogP contribution is 2.19. The summed E-state index contributed by atoms with van der Waals surface area (Å²) in [5.74, 6) is 0.851. The zero-order chi connectivity index (χ0) is 19.1. The number of carbonyl (C=O) groups is 1. The van der Waals surface area contributed by atoms with Gasteiger partial charge in [0.05, 0.1) is 18.3 Å². The molecule has 2 N–H and O–H groups in total. The third kappa shape index (κ3) is 5.50. The van der Waals surface area contributed by atoms with E-state index in [9.17, 15) is 4.79 Å². The Bertz CT molecular complexity index is 882. The Morgan fingerprint density at radius 3 is 2.56 bits per heavy atom. The molecule has 0 saturated heterocycles. The van der Waals surface area contributed by atoms with E-state index in [4.69, 9.17) is 4.74 Å². The molecule has 0 bridgehead atoms. The summed E-state index contributed by atoms with van der Waals surface area (Å²) in [5, 5.41) is 5.88. The number of amides is 1. The summed E-state index contributed by atoms with van der Waals surface area (Å²) in [6, 6.07) is 14.6. The molecule has 0 atom stereocenters. The van der Waals surface area contributed by atoms with Crippen molar-refractivity contribution in [3.63, 3.8) is 0 Å². The smallest absolute Gasteiger partial charge is 0.270 e. The number of nitrogens with one attached hydrogen (secondary N) is 2. The Morgan fingerprint density at radius 2 is 1.85 bits per heavy atom. The second-order valence-electron chi connectivity index (χ2n) is 6.09. The normalized spacial score (nSPS) is 10.5. The van der Waals surface area contributed by atoms with Gasteiger partial charge in [-0.05, 0) is 56.3 Å². The van der Waals surface area contributed by atoms with E-state index in [1.807, 2.05) is 56.3 Å². The first-order valence-corrected chi connectivity index (χ1v) is 8.65. The lowest BCUT2D eigenvalue weighted by Crippen LogP contribution is -2.24. The van der Waals surface area contributed by atoms with Gasteiger partial charge in [0.25, 0.3) is 5.91 Å². The van der Waals surface area contributed by atoms with Crippen molar-refractivity contribution in [2.45, 2.75) is 26.5 Å². The minimum atomic E-state index is -0.285. The van der Waals surface area contributed by atoms with Crippen LogP contribution in [0.1, 0.15) is 30.0 Å². The summed E-state index contributed by atoms with van der Waals surface area (Å²) in [4.78, 5) is 24.9. The quantitative estimate of drug-likeness (QED) is 0.669. The average molecular weight is 363 g/mol. The number of carbonyl (C=O) groups excluding carboxylic acids is 1. The molecule has 1 amide bonds. The van der Waals surface area contributed by atoms with Gasteiger partial charge in [0.15, 0.2) is 0 Å². The third-order valence-corrected chi connectivity index (χ3v) is 3.53. The van der Waals surface area contributed by atoms with Crippen LogP contribution < -0.4 is 15.4 Å². The number of benzene rings is 1. The van der Waals surface area contributed by atoms with E-state index >= 15 is 0 Å². The lowest BCUT2D eigenvalue weighted by Gasteiger charge is -2.11. The van der Waals surface area contributed by atoms with Crippen molar-refractivity contribution in [2.75, 3.05) is 5.32 Å². The minimum Gasteiger partial charge on any atom is -0.491 e. The van der Waals surface area contributed by atoms with Crippen molar-refractivity contribution in [1.82, 2.24) is 20.3 Å². The Labute approximate surface area is 157 Å². The van der Waals surface area contributed by atoms with Crippen molar-refractivity contribution in [3.8, 4) is 5.75 Å². The SMILES string of the molecule is CC(C)Oc1ccc(Nc2nccc(C(=O)NCc3ccccn3)n2)cc1. The van der Waals surface area contributed by atoms with Gasteiger partial charge >= 0.3 is 0 Å². The molecule has 0 saturated carbocycles. The van der Waals surface area contributed by atoms with Gasteiger partial charge in [-0.1, -0.05) is 6.07 Å². The van der Waals surface area contributed by atoms with Gasteiger partial charge in [0.1, 0.15) is 11.4 Å². The van der Waals surface area contributed by atoms with Crippen LogP contribution in [0.3, 0.4) is 0 Å². The lowest BCUT2D eigenvalue weighted by molar-refractivity contribution is 0.0945. The fourth-order valence-electron chi connectivity index (χ4n) is 2.33. The van der Waals surface area contributed by atoms with Crippen LogP contribution in [0, 0.1) is 0 Å². The van der Waals surface area contributed by atoms with E-state index in [2.05, 4.69) is 25.6 Å². The summed E-state index contributed by atoms with van der Waals surface area (Å²) in [7, 11) is 0. The fourth-order valence-corrected chi connectivity index (χ4v) is 2.33. The second kappa shape index (κ2) is 8.75. The summed E-state index contributed by atoms with van der Waals surface area (Å²) in [5.41, 5.74) is 1.86. The maximum absolute atomic E-state index is 12.3. The topological polar surface area (TPSA) is 89.0 Å². The maximum atomic E-state index is 12.3. The summed E-state index contributed by atoms with van der Waals surface area (Å²) in [6.45, 7) is 4.29. The largest absolute Gasteiger partial charge is 0.491 e. The number of hydrogen-bond acceptors (Lipinski definition) is 6. The molecular weight excluding hydrogens is 342 g/mol. The minimum absolute atomic E-state index is 0.119. The molecule has 3 aromatic rings. The monoisotopic (exact) mass is 363 g/mol. The van der Waals surface area contributed by atoms with Crippen LogP contribution in [0.15, 0.2) is 60.9 Å². The summed E-state index contributed by atoms with van der Waals surface area (Å²) in [6.07, 6.45) is 3.35. The molecular formula is C20H21N5O2. The van der Waals surface area contributed by atoms with Gasteiger partial charge in [-0.3, -0.25) is 9.78 Å². The van der Waals surface area contributed by atoms with Crippen LogP contribution in [0.2, 0.25) is 0 Å². The predicted molar refractivity (Wildman–Crippen MR) is 103 cm³/mol. The van der Waals surface area contributed by atoms with Crippen LogP contribution in [0.5, 0.6) is 5.75 Å². The molecule has 138 valence electrons. The molecule has 0 unspecified atom stereocenters. The number of nitrogens with zero attached hydrogens (tertiary/aromatic N) is 3. The van der Waals surface area contributed by atoms with E-state index < -0.39 is 0 Å². The first-order valence-electron chi connectivity index (χ1n) is 8.65. The number of ether oxygens (including phenoxy) is 1. The number of pyridine rings is 1. The Hall–Kier alpha value is -3.48. The molecule has 3 rings (SSSR count). The lowest BCUT2D eigenvalue weighted by atomic mass is 10.3. The molecule has 2 aromatic heterocycles. The zero-order valence-corrected chi connectivity index (χ0v) is 15.2. The first-order chi connectivity index (χ1) is 13.1. The number of anilines is 2. The third-order valence-electron chi connectivity index (χ3n) is 3.53. The van der Waals surface area contributed by atoms with Crippen LogP contribution in [-0.2, 0) is 6.54 Å². The van der Waals surface area contributed by atoms with Gasteiger partial charge in [0.2, 0.25) is 5.95 Å². The van der Waals surface area contributed by atoms with Crippen LogP contribution in [0.25, 0.3) is 0 Å². The number of hydrogen-bond donors (Lipinski definition) is 2. The first kappa shape index (κ1) is 18.3. The molecule has 27 heavy (non-hydrogen) atoms. The zero-order valence-electron chi connectivity index (χ0n) is 15.2. The molecule has 0 aliphatic rings. The van der Waals surface area contributed by atoms with Gasteiger partial charge in [-0.25, -0.2) is 9.97 Å². The van der Waals surface area contributed by atoms with Crippen molar-refractivity contribution in [1.29, 1.82) is 0 Å². The van der Waals surface area contributed by atoms with Gasteiger partial charge < -0.3 is 15.4 Å². The van der Waals surface area contributed by atoms with Crippen LogP contribution in [0.4, 0.5) is 11.6 Å².